The number of rotatable bonds is 4. The van der Waals surface area contributed by atoms with E-state index in [1.807, 2.05) is 60.2 Å². The zero-order chi connectivity index (χ0) is 23.4. The third-order valence-electron chi connectivity index (χ3n) is 5.94. The van der Waals surface area contributed by atoms with E-state index in [4.69, 9.17) is 14.5 Å². The summed E-state index contributed by atoms with van der Waals surface area (Å²) in [4.78, 5) is 30.3. The molecule has 9 heteroatoms. The summed E-state index contributed by atoms with van der Waals surface area (Å²) in [5.74, 6) is 1.73. The molecule has 0 aliphatic rings. The second-order valence-electron chi connectivity index (χ2n) is 7.91. The van der Waals surface area contributed by atoms with E-state index in [0.717, 1.165) is 21.4 Å². The fourth-order valence-corrected chi connectivity index (χ4v) is 4.11. The van der Waals surface area contributed by atoms with E-state index in [0.29, 0.717) is 34.1 Å². The van der Waals surface area contributed by atoms with Crippen LogP contribution in [-0.4, -0.2) is 37.3 Å². The summed E-state index contributed by atoms with van der Waals surface area (Å²) < 4.78 is 17.2. The van der Waals surface area contributed by atoms with E-state index < -0.39 is 11.2 Å². The summed E-state index contributed by atoms with van der Waals surface area (Å²) in [6, 6.07) is 13.6. The minimum Gasteiger partial charge on any atom is -0.497 e. The summed E-state index contributed by atoms with van der Waals surface area (Å²) in [6.45, 7) is 2.03. The van der Waals surface area contributed by atoms with Gasteiger partial charge in [0.25, 0.3) is 5.56 Å². The SMILES string of the molecule is COc1ccc(OC)c(-n2c(-c3ccc(C)cc3)cn3c4c(=O)n(C)c(=O)n(C)c4nc23)c1. The van der Waals surface area contributed by atoms with Crippen molar-refractivity contribution in [3.8, 4) is 28.4 Å². The molecule has 0 bridgehead atoms. The predicted octanol–water partition coefficient (Wildman–Crippen LogP) is 2.67. The summed E-state index contributed by atoms with van der Waals surface area (Å²) in [5.41, 5.74) is 3.36. The van der Waals surface area contributed by atoms with Gasteiger partial charge in [0.05, 0.1) is 25.6 Å². The fourth-order valence-electron chi connectivity index (χ4n) is 4.11. The number of hydrogen-bond donors (Lipinski definition) is 0. The first-order chi connectivity index (χ1) is 15.8. The Morgan fingerprint density at radius 3 is 2.30 bits per heavy atom. The highest BCUT2D eigenvalue weighted by Crippen LogP contribution is 2.35. The van der Waals surface area contributed by atoms with Crippen molar-refractivity contribution in [1.82, 2.24) is 23.1 Å². The van der Waals surface area contributed by atoms with Gasteiger partial charge in [-0.25, -0.2) is 4.79 Å². The van der Waals surface area contributed by atoms with Gasteiger partial charge in [0, 0.05) is 31.9 Å². The van der Waals surface area contributed by atoms with Crippen molar-refractivity contribution in [2.75, 3.05) is 14.2 Å². The second kappa shape index (κ2) is 7.40. The van der Waals surface area contributed by atoms with Crippen LogP contribution in [0.2, 0.25) is 0 Å². The topological polar surface area (TPSA) is 84.7 Å². The van der Waals surface area contributed by atoms with Crippen LogP contribution in [0.5, 0.6) is 11.5 Å². The van der Waals surface area contributed by atoms with Gasteiger partial charge in [0.15, 0.2) is 11.2 Å². The Kier molecular flexibility index (Phi) is 4.63. The Balaban J connectivity index is 1.98. The number of fused-ring (bicyclic) bond motifs is 3. The normalized spacial score (nSPS) is 11.4. The average Bonchev–Trinajstić information content (AvgIpc) is 3.37. The highest BCUT2D eigenvalue weighted by Gasteiger charge is 2.23. The zero-order valence-electron chi connectivity index (χ0n) is 19.0. The lowest BCUT2D eigenvalue weighted by Crippen LogP contribution is -2.37. The van der Waals surface area contributed by atoms with Crippen LogP contribution in [0, 0.1) is 6.92 Å². The molecule has 0 fully saturated rings. The molecule has 33 heavy (non-hydrogen) atoms. The standard InChI is InChI=1S/C24H23N5O4/c1-14-6-8-15(9-7-14)18-13-28-20-21(26(2)24(31)27(3)22(20)30)25-23(28)29(18)17-12-16(32-4)10-11-19(17)33-5/h6-13H,1-5H3. The summed E-state index contributed by atoms with van der Waals surface area (Å²) in [6.07, 6.45) is 1.86. The molecule has 0 amide bonds. The summed E-state index contributed by atoms with van der Waals surface area (Å²) in [5, 5.41) is 0. The van der Waals surface area contributed by atoms with Gasteiger partial charge in [-0.1, -0.05) is 29.8 Å². The average molecular weight is 445 g/mol. The highest BCUT2D eigenvalue weighted by molar-refractivity contribution is 5.80. The van der Waals surface area contributed by atoms with E-state index in [-0.39, 0.29) is 0 Å². The molecule has 9 nitrogen and oxygen atoms in total. The Labute approximate surface area is 188 Å². The maximum Gasteiger partial charge on any atom is 0.332 e. The van der Waals surface area contributed by atoms with Crippen molar-refractivity contribution < 1.29 is 9.47 Å². The van der Waals surface area contributed by atoms with Gasteiger partial charge in [0.1, 0.15) is 11.5 Å². The number of nitrogens with zero attached hydrogens (tertiary/aromatic N) is 5. The lowest BCUT2D eigenvalue weighted by Gasteiger charge is -2.14. The van der Waals surface area contributed by atoms with Gasteiger partial charge in [-0.3, -0.25) is 22.9 Å². The molecule has 0 atom stereocenters. The first-order valence-corrected chi connectivity index (χ1v) is 10.3. The minimum atomic E-state index is -0.433. The van der Waals surface area contributed by atoms with E-state index >= 15 is 0 Å². The molecule has 2 aromatic carbocycles. The molecule has 0 unspecified atom stereocenters. The smallest absolute Gasteiger partial charge is 0.332 e. The molecule has 0 saturated heterocycles. The van der Waals surface area contributed by atoms with Crippen molar-refractivity contribution in [2.24, 2.45) is 14.1 Å². The third-order valence-corrected chi connectivity index (χ3v) is 5.94. The van der Waals surface area contributed by atoms with Crippen LogP contribution in [-0.2, 0) is 14.1 Å². The largest absolute Gasteiger partial charge is 0.497 e. The van der Waals surface area contributed by atoms with Gasteiger partial charge in [-0.05, 0) is 19.1 Å². The van der Waals surface area contributed by atoms with Gasteiger partial charge in [0.2, 0.25) is 5.78 Å². The first-order valence-electron chi connectivity index (χ1n) is 10.3. The van der Waals surface area contributed by atoms with E-state index in [9.17, 15) is 9.59 Å². The predicted molar refractivity (Wildman–Crippen MR) is 126 cm³/mol. The number of benzene rings is 2. The maximum absolute atomic E-state index is 13.1. The number of hydrogen-bond acceptors (Lipinski definition) is 5. The molecule has 0 spiro atoms. The molecular weight excluding hydrogens is 422 g/mol. The van der Waals surface area contributed by atoms with E-state index in [1.54, 1.807) is 25.7 Å². The lowest BCUT2D eigenvalue weighted by molar-refractivity contribution is 0.402. The van der Waals surface area contributed by atoms with Crippen molar-refractivity contribution in [2.45, 2.75) is 6.92 Å². The number of imidazole rings is 2. The lowest BCUT2D eigenvalue weighted by atomic mass is 10.1. The van der Waals surface area contributed by atoms with Crippen LogP contribution in [0.3, 0.4) is 0 Å². The van der Waals surface area contributed by atoms with Crippen LogP contribution >= 0.6 is 0 Å². The Bertz CT molecular complexity index is 1650. The third kappa shape index (κ3) is 2.96. The molecule has 3 heterocycles. The number of ether oxygens (including phenoxy) is 2. The van der Waals surface area contributed by atoms with E-state index in [2.05, 4.69) is 0 Å². The molecule has 0 saturated carbocycles. The second-order valence-corrected chi connectivity index (χ2v) is 7.91. The van der Waals surface area contributed by atoms with Crippen LogP contribution < -0.4 is 20.7 Å². The molecule has 3 aromatic heterocycles. The van der Waals surface area contributed by atoms with Gasteiger partial charge >= 0.3 is 5.69 Å². The van der Waals surface area contributed by atoms with Crippen LogP contribution in [0.1, 0.15) is 5.56 Å². The molecule has 0 aliphatic carbocycles. The monoisotopic (exact) mass is 445 g/mol. The quantitative estimate of drug-likeness (QED) is 0.425. The molecule has 5 rings (SSSR count). The van der Waals surface area contributed by atoms with Crippen molar-refractivity contribution in [1.29, 1.82) is 0 Å². The number of aromatic nitrogens is 5. The van der Waals surface area contributed by atoms with Gasteiger partial charge in [-0.15, -0.1) is 0 Å². The minimum absolute atomic E-state index is 0.309. The van der Waals surface area contributed by atoms with Crippen LogP contribution in [0.25, 0.3) is 33.9 Å². The van der Waals surface area contributed by atoms with E-state index in [1.165, 1.54) is 11.6 Å². The molecule has 0 N–H and O–H groups in total. The van der Waals surface area contributed by atoms with Crippen LogP contribution in [0.4, 0.5) is 0 Å². The van der Waals surface area contributed by atoms with Crippen LogP contribution in [0.15, 0.2) is 58.3 Å². The number of aryl methyl sites for hydroxylation is 2. The first kappa shape index (κ1) is 20.6. The fraction of sp³-hybridized carbons (Fsp3) is 0.208. The Morgan fingerprint density at radius 1 is 0.909 bits per heavy atom. The van der Waals surface area contributed by atoms with Crippen molar-refractivity contribution in [3.05, 3.63) is 75.1 Å². The van der Waals surface area contributed by atoms with Gasteiger partial charge < -0.3 is 9.47 Å². The Morgan fingerprint density at radius 2 is 1.64 bits per heavy atom. The Hall–Kier alpha value is -4.27. The number of methoxy groups -OCH3 is 2. The maximum atomic E-state index is 13.1. The van der Waals surface area contributed by atoms with Crippen molar-refractivity contribution >= 4 is 16.9 Å². The molecule has 168 valence electrons. The summed E-state index contributed by atoms with van der Waals surface area (Å²) >= 11 is 0. The molecule has 0 aliphatic heterocycles. The molecule has 5 aromatic rings. The highest BCUT2D eigenvalue weighted by atomic mass is 16.5. The van der Waals surface area contributed by atoms with Crippen molar-refractivity contribution in [3.63, 3.8) is 0 Å². The molecular formula is C24H23N5O4. The summed E-state index contributed by atoms with van der Waals surface area (Å²) in [7, 11) is 6.26. The zero-order valence-corrected chi connectivity index (χ0v) is 19.0. The van der Waals surface area contributed by atoms with Gasteiger partial charge in [-0.2, -0.15) is 4.98 Å². The molecule has 0 radical (unpaired) electrons.